The van der Waals surface area contributed by atoms with Crippen molar-refractivity contribution < 1.29 is 9.53 Å². The zero-order valence-corrected chi connectivity index (χ0v) is 7.00. The van der Waals surface area contributed by atoms with Gasteiger partial charge in [0.15, 0.2) is 0 Å². The number of aromatic nitrogens is 1. The molecular formula is C7H5ClN2O2. The lowest BCUT2D eigenvalue weighted by molar-refractivity contribution is 0.399. The first-order valence-electron chi connectivity index (χ1n) is 3.06. The second kappa shape index (κ2) is 3.85. The van der Waals surface area contributed by atoms with Gasteiger partial charge in [0.1, 0.15) is 10.8 Å². The number of hydrogen-bond acceptors (Lipinski definition) is 4. The number of methoxy groups -OCH3 is 1. The Morgan fingerprint density at radius 3 is 3.00 bits per heavy atom. The topological polar surface area (TPSA) is 51.6 Å². The van der Waals surface area contributed by atoms with Crippen LogP contribution < -0.4 is 4.74 Å². The molecule has 0 bridgehead atoms. The molecule has 0 aliphatic carbocycles. The summed E-state index contributed by atoms with van der Waals surface area (Å²) in [5, 5.41) is 0.289. The molecule has 0 radical (unpaired) electrons. The fourth-order valence-electron chi connectivity index (χ4n) is 0.695. The van der Waals surface area contributed by atoms with E-state index < -0.39 is 0 Å². The Kier molecular flexibility index (Phi) is 2.80. The molecule has 0 spiro atoms. The van der Waals surface area contributed by atoms with Gasteiger partial charge in [-0.15, -0.1) is 0 Å². The van der Waals surface area contributed by atoms with Crippen LogP contribution in [0.25, 0.3) is 0 Å². The van der Waals surface area contributed by atoms with E-state index in [9.17, 15) is 4.79 Å². The van der Waals surface area contributed by atoms with Gasteiger partial charge in [0.2, 0.25) is 12.0 Å². The molecule has 0 fully saturated rings. The summed E-state index contributed by atoms with van der Waals surface area (Å²) < 4.78 is 4.81. The predicted molar refractivity (Wildman–Crippen MR) is 43.6 cm³/mol. The van der Waals surface area contributed by atoms with Crippen molar-refractivity contribution in [1.82, 2.24) is 4.98 Å². The van der Waals surface area contributed by atoms with E-state index in [-0.39, 0.29) is 11.0 Å². The number of carbonyl (C=O) groups excluding carboxylic acids is 1. The summed E-state index contributed by atoms with van der Waals surface area (Å²) in [6, 6.07) is 3.04. The average molecular weight is 185 g/mol. The van der Waals surface area contributed by atoms with Crippen molar-refractivity contribution in [2.24, 2.45) is 4.99 Å². The molecule has 12 heavy (non-hydrogen) atoms. The zero-order valence-electron chi connectivity index (χ0n) is 6.24. The molecule has 0 amide bonds. The van der Waals surface area contributed by atoms with Crippen LogP contribution in [0.4, 0.5) is 5.69 Å². The first-order valence-corrected chi connectivity index (χ1v) is 3.44. The summed E-state index contributed by atoms with van der Waals surface area (Å²) in [7, 11) is 1.42. The lowest BCUT2D eigenvalue weighted by Crippen LogP contribution is -1.87. The minimum atomic E-state index is 0.214. The molecule has 1 heterocycles. The number of aliphatic imine (C=N–C) groups is 1. The van der Waals surface area contributed by atoms with E-state index in [0.29, 0.717) is 5.69 Å². The van der Waals surface area contributed by atoms with Crippen molar-refractivity contribution in [2.75, 3.05) is 7.11 Å². The fraction of sp³-hybridized carbons (Fsp3) is 0.143. The lowest BCUT2D eigenvalue weighted by atomic mass is 10.4. The van der Waals surface area contributed by atoms with Crippen LogP contribution in [0.2, 0.25) is 5.15 Å². The Bertz CT molecular complexity index is 334. The standard InChI is InChI=1S/C7H5ClN2O2/c1-12-7-5(9-4-11)2-3-6(8)10-7/h2-3H,1H3. The SMILES string of the molecule is COc1nc(Cl)ccc1N=C=O. The van der Waals surface area contributed by atoms with Gasteiger partial charge in [-0.1, -0.05) is 11.6 Å². The highest BCUT2D eigenvalue weighted by atomic mass is 35.5. The predicted octanol–water partition coefficient (Wildman–Crippen LogP) is 1.71. The maximum Gasteiger partial charge on any atom is 0.242 e. The fourth-order valence-corrected chi connectivity index (χ4v) is 0.835. The van der Waals surface area contributed by atoms with Crippen molar-refractivity contribution in [2.45, 2.75) is 0 Å². The second-order valence-corrected chi connectivity index (χ2v) is 2.25. The van der Waals surface area contributed by atoms with Crippen LogP contribution >= 0.6 is 11.6 Å². The highest BCUT2D eigenvalue weighted by Crippen LogP contribution is 2.25. The van der Waals surface area contributed by atoms with Crippen molar-refractivity contribution in [3.63, 3.8) is 0 Å². The van der Waals surface area contributed by atoms with Gasteiger partial charge in [-0.3, -0.25) is 0 Å². The minimum Gasteiger partial charge on any atom is -0.479 e. The maximum absolute atomic E-state index is 9.92. The molecule has 0 atom stereocenters. The normalized spacial score (nSPS) is 8.83. The van der Waals surface area contributed by atoms with Crippen LogP contribution in [-0.4, -0.2) is 18.2 Å². The van der Waals surface area contributed by atoms with Crippen LogP contribution in [0.1, 0.15) is 0 Å². The molecule has 4 nitrogen and oxygen atoms in total. The molecule has 0 aliphatic heterocycles. The van der Waals surface area contributed by atoms with Crippen LogP contribution in [0.3, 0.4) is 0 Å². The minimum absolute atomic E-state index is 0.214. The molecule has 0 saturated carbocycles. The molecular weight excluding hydrogens is 180 g/mol. The summed E-state index contributed by atoms with van der Waals surface area (Å²) in [6.45, 7) is 0. The van der Waals surface area contributed by atoms with Gasteiger partial charge in [-0.05, 0) is 12.1 Å². The van der Waals surface area contributed by atoms with Crippen LogP contribution in [0.5, 0.6) is 5.88 Å². The van der Waals surface area contributed by atoms with Crippen molar-refractivity contribution in [1.29, 1.82) is 0 Å². The van der Waals surface area contributed by atoms with Gasteiger partial charge >= 0.3 is 0 Å². The molecule has 0 N–H and O–H groups in total. The highest BCUT2D eigenvalue weighted by Gasteiger charge is 2.02. The van der Waals surface area contributed by atoms with Crippen LogP contribution in [0, 0.1) is 0 Å². The number of nitrogens with zero attached hydrogens (tertiary/aromatic N) is 2. The van der Waals surface area contributed by atoms with E-state index in [1.807, 2.05) is 0 Å². The number of rotatable bonds is 2. The number of isocyanates is 1. The summed E-state index contributed by atoms with van der Waals surface area (Å²) in [5.41, 5.74) is 0.317. The van der Waals surface area contributed by atoms with Gasteiger partial charge in [0, 0.05) is 0 Å². The smallest absolute Gasteiger partial charge is 0.242 e. The van der Waals surface area contributed by atoms with E-state index in [1.165, 1.54) is 25.3 Å². The molecule has 5 heteroatoms. The second-order valence-electron chi connectivity index (χ2n) is 1.87. The lowest BCUT2D eigenvalue weighted by Gasteiger charge is -2.00. The third-order valence-electron chi connectivity index (χ3n) is 1.17. The first-order chi connectivity index (χ1) is 5.77. The maximum atomic E-state index is 9.92. The zero-order chi connectivity index (χ0) is 8.97. The summed E-state index contributed by atoms with van der Waals surface area (Å²) in [6.07, 6.45) is 1.39. The van der Waals surface area contributed by atoms with Gasteiger partial charge < -0.3 is 4.74 Å². The Morgan fingerprint density at radius 2 is 2.42 bits per heavy atom. The Balaban J connectivity index is 3.19. The molecule has 62 valence electrons. The van der Waals surface area contributed by atoms with E-state index in [2.05, 4.69) is 9.98 Å². The van der Waals surface area contributed by atoms with E-state index in [1.54, 1.807) is 0 Å². The largest absolute Gasteiger partial charge is 0.479 e. The number of pyridine rings is 1. The summed E-state index contributed by atoms with van der Waals surface area (Å²) in [5.74, 6) is 0.214. The number of halogens is 1. The van der Waals surface area contributed by atoms with E-state index >= 15 is 0 Å². The molecule has 1 aromatic rings. The quantitative estimate of drug-likeness (QED) is 0.400. The first kappa shape index (κ1) is 8.71. The Labute approximate surface area is 73.9 Å². The van der Waals surface area contributed by atoms with Crippen molar-refractivity contribution in [3.05, 3.63) is 17.3 Å². The average Bonchev–Trinajstić information content (AvgIpc) is 2.08. The monoisotopic (exact) mass is 184 g/mol. The molecule has 0 unspecified atom stereocenters. The van der Waals surface area contributed by atoms with Crippen molar-refractivity contribution >= 4 is 23.4 Å². The number of hydrogen-bond donors (Lipinski definition) is 0. The molecule has 1 aromatic heterocycles. The highest BCUT2D eigenvalue weighted by molar-refractivity contribution is 6.29. The summed E-state index contributed by atoms with van der Waals surface area (Å²) in [4.78, 5) is 17.1. The Hall–Kier alpha value is -1.38. The van der Waals surface area contributed by atoms with Gasteiger partial charge in [-0.2, -0.15) is 9.98 Å². The van der Waals surface area contributed by atoms with E-state index in [0.717, 1.165) is 0 Å². The third kappa shape index (κ3) is 1.81. The Morgan fingerprint density at radius 1 is 1.67 bits per heavy atom. The van der Waals surface area contributed by atoms with Crippen LogP contribution in [0.15, 0.2) is 17.1 Å². The van der Waals surface area contributed by atoms with Gasteiger partial charge in [0.25, 0.3) is 0 Å². The number of ether oxygens (including phenoxy) is 1. The van der Waals surface area contributed by atoms with Crippen LogP contribution in [-0.2, 0) is 4.79 Å². The van der Waals surface area contributed by atoms with Crippen molar-refractivity contribution in [3.8, 4) is 5.88 Å². The van der Waals surface area contributed by atoms with Gasteiger partial charge in [0.05, 0.1) is 7.11 Å². The van der Waals surface area contributed by atoms with E-state index in [4.69, 9.17) is 16.3 Å². The molecule has 0 saturated heterocycles. The van der Waals surface area contributed by atoms with Gasteiger partial charge in [-0.25, -0.2) is 4.79 Å². The summed E-state index contributed by atoms with van der Waals surface area (Å²) >= 11 is 5.56. The molecule has 0 aliphatic rings. The third-order valence-corrected chi connectivity index (χ3v) is 1.38. The molecule has 1 rings (SSSR count). The molecule has 0 aromatic carbocycles.